The molecule has 24 heavy (non-hydrogen) atoms. The number of carbonyl (C=O) groups excluding carboxylic acids is 1. The maximum atomic E-state index is 12.4. The van der Waals surface area contributed by atoms with E-state index in [1.165, 1.54) is 12.1 Å². The summed E-state index contributed by atoms with van der Waals surface area (Å²) in [4.78, 5) is 48.1. The van der Waals surface area contributed by atoms with E-state index in [1.54, 1.807) is 13.8 Å². The Morgan fingerprint density at radius 3 is 2.50 bits per heavy atom. The Hall–Kier alpha value is -3.23. The molecule has 0 radical (unpaired) electrons. The molecule has 1 atom stereocenters. The minimum Gasteiger partial charge on any atom is -0.480 e. The number of hydrogen-bond donors (Lipinski definition) is 3. The van der Waals surface area contributed by atoms with E-state index in [2.05, 4.69) is 10.3 Å². The number of fused-ring (bicyclic) bond motifs is 1. The molecule has 1 amide bonds. The third-order valence-electron chi connectivity index (χ3n) is 3.50. The molecule has 0 saturated heterocycles. The van der Waals surface area contributed by atoms with Crippen molar-refractivity contribution in [3.05, 3.63) is 50.3 Å². The molecule has 9 nitrogen and oxygen atoms in total. The number of carboxylic acid groups (broad SMARTS) is 1. The van der Waals surface area contributed by atoms with Crippen LogP contribution in [0.15, 0.2) is 29.1 Å². The summed E-state index contributed by atoms with van der Waals surface area (Å²) < 4.78 is 0. The molecule has 9 heteroatoms. The summed E-state index contributed by atoms with van der Waals surface area (Å²) in [5.41, 5.74) is -0.695. The second-order valence-electron chi connectivity index (χ2n) is 5.57. The van der Waals surface area contributed by atoms with Gasteiger partial charge >= 0.3 is 5.97 Å². The van der Waals surface area contributed by atoms with Gasteiger partial charge in [0.05, 0.1) is 10.5 Å². The average molecular weight is 333 g/mol. The van der Waals surface area contributed by atoms with Crippen molar-refractivity contribution in [1.82, 2.24) is 10.3 Å². The Balaban J connectivity index is 2.55. The molecule has 126 valence electrons. The van der Waals surface area contributed by atoms with Crippen LogP contribution in [-0.2, 0) is 4.79 Å². The molecule has 0 unspecified atom stereocenters. The number of aliphatic carboxylic acids is 1. The summed E-state index contributed by atoms with van der Waals surface area (Å²) in [7, 11) is 0. The summed E-state index contributed by atoms with van der Waals surface area (Å²) in [5, 5.41) is 22.6. The van der Waals surface area contributed by atoms with Gasteiger partial charge in [-0.05, 0) is 12.0 Å². The highest BCUT2D eigenvalue weighted by molar-refractivity contribution is 6.07. The van der Waals surface area contributed by atoms with E-state index >= 15 is 0 Å². The van der Waals surface area contributed by atoms with Crippen LogP contribution in [0.1, 0.15) is 24.2 Å². The standard InChI is InChI=1S/C15H15N3O6/c1-7(2)13(15(21)22)17-14(20)10-6-12(19)16-11-4-3-8(18(23)24)5-9(10)11/h3-7,13H,1-2H3,(H,16,19)(H,17,20)(H,21,22)/t13-/m1/s1. The number of carboxylic acids is 1. The van der Waals surface area contributed by atoms with Gasteiger partial charge in [0.25, 0.3) is 11.6 Å². The lowest BCUT2D eigenvalue weighted by Gasteiger charge is -2.18. The molecule has 0 fully saturated rings. The van der Waals surface area contributed by atoms with E-state index in [0.29, 0.717) is 0 Å². The van der Waals surface area contributed by atoms with Gasteiger partial charge in [-0.1, -0.05) is 13.8 Å². The molecule has 0 aliphatic rings. The summed E-state index contributed by atoms with van der Waals surface area (Å²) in [5.74, 6) is -2.37. The smallest absolute Gasteiger partial charge is 0.326 e. The van der Waals surface area contributed by atoms with E-state index in [0.717, 1.165) is 12.1 Å². The van der Waals surface area contributed by atoms with Gasteiger partial charge in [-0.15, -0.1) is 0 Å². The predicted octanol–water partition coefficient (Wildman–Crippen LogP) is 1.28. The predicted molar refractivity (Wildman–Crippen MR) is 85.0 cm³/mol. The van der Waals surface area contributed by atoms with E-state index in [9.17, 15) is 24.5 Å². The summed E-state index contributed by atoms with van der Waals surface area (Å²) in [6, 6.07) is 3.52. The van der Waals surface area contributed by atoms with Crippen LogP contribution < -0.4 is 10.9 Å². The zero-order valence-corrected chi connectivity index (χ0v) is 12.9. The zero-order chi connectivity index (χ0) is 18.0. The van der Waals surface area contributed by atoms with Gasteiger partial charge in [0.2, 0.25) is 5.56 Å². The van der Waals surface area contributed by atoms with Crippen molar-refractivity contribution < 1.29 is 19.6 Å². The first-order valence-corrected chi connectivity index (χ1v) is 7.06. The molecule has 3 N–H and O–H groups in total. The van der Waals surface area contributed by atoms with Gasteiger partial charge in [-0.25, -0.2) is 4.79 Å². The van der Waals surface area contributed by atoms with Gasteiger partial charge in [-0.2, -0.15) is 0 Å². The number of benzene rings is 1. The number of rotatable bonds is 5. The fraction of sp³-hybridized carbons (Fsp3) is 0.267. The highest BCUT2D eigenvalue weighted by Gasteiger charge is 2.25. The van der Waals surface area contributed by atoms with Crippen molar-refractivity contribution in [3.8, 4) is 0 Å². The Labute approximate surface area is 135 Å². The molecule has 0 spiro atoms. The number of hydrogen-bond acceptors (Lipinski definition) is 5. The number of non-ortho nitro benzene ring substituents is 1. The zero-order valence-electron chi connectivity index (χ0n) is 12.9. The van der Waals surface area contributed by atoms with Crippen LogP contribution in [0.25, 0.3) is 10.9 Å². The minimum atomic E-state index is -1.21. The van der Waals surface area contributed by atoms with Gasteiger partial charge in [0, 0.05) is 29.1 Å². The van der Waals surface area contributed by atoms with Gasteiger partial charge in [-0.3, -0.25) is 19.7 Å². The molecule has 2 aromatic rings. The second-order valence-corrected chi connectivity index (χ2v) is 5.57. The number of pyridine rings is 1. The van der Waals surface area contributed by atoms with Crippen molar-refractivity contribution in [3.63, 3.8) is 0 Å². The molecule has 0 saturated carbocycles. The SMILES string of the molecule is CC(C)[C@@H](NC(=O)c1cc(=O)[nH]c2ccc([N+](=O)[O-])cc12)C(=O)O. The van der Waals surface area contributed by atoms with Gasteiger partial charge in [0.15, 0.2) is 0 Å². The van der Waals surface area contributed by atoms with Crippen molar-refractivity contribution >= 4 is 28.5 Å². The van der Waals surface area contributed by atoms with Crippen LogP contribution in [0.2, 0.25) is 0 Å². The molecule has 1 aromatic carbocycles. The molecule has 1 aromatic heterocycles. The van der Waals surface area contributed by atoms with Gasteiger partial charge in [0.1, 0.15) is 6.04 Å². The van der Waals surface area contributed by atoms with E-state index < -0.39 is 28.4 Å². The van der Waals surface area contributed by atoms with Crippen molar-refractivity contribution in [2.24, 2.45) is 5.92 Å². The number of nitro groups is 1. The lowest BCUT2D eigenvalue weighted by Crippen LogP contribution is -2.44. The Kier molecular flexibility index (Phi) is 4.63. The first-order valence-electron chi connectivity index (χ1n) is 7.06. The Morgan fingerprint density at radius 2 is 1.96 bits per heavy atom. The number of carbonyl (C=O) groups is 2. The quantitative estimate of drug-likeness (QED) is 0.555. The molecule has 1 heterocycles. The molecule has 2 rings (SSSR count). The van der Waals surface area contributed by atoms with Crippen LogP contribution in [0.4, 0.5) is 5.69 Å². The van der Waals surface area contributed by atoms with Crippen LogP contribution in [-0.4, -0.2) is 32.9 Å². The Morgan fingerprint density at radius 1 is 1.29 bits per heavy atom. The summed E-state index contributed by atoms with van der Waals surface area (Å²) >= 11 is 0. The Bertz CT molecular complexity index is 886. The minimum absolute atomic E-state index is 0.121. The van der Waals surface area contributed by atoms with Crippen LogP contribution in [0, 0.1) is 16.0 Å². The monoisotopic (exact) mass is 333 g/mol. The van der Waals surface area contributed by atoms with Crippen LogP contribution in [0.3, 0.4) is 0 Å². The van der Waals surface area contributed by atoms with Crippen molar-refractivity contribution in [2.75, 3.05) is 0 Å². The first kappa shape index (κ1) is 17.1. The average Bonchev–Trinajstić information content (AvgIpc) is 2.50. The lowest BCUT2D eigenvalue weighted by molar-refractivity contribution is -0.384. The maximum Gasteiger partial charge on any atom is 0.326 e. The largest absolute Gasteiger partial charge is 0.480 e. The number of H-pyrrole nitrogens is 1. The maximum absolute atomic E-state index is 12.4. The van der Waals surface area contributed by atoms with Crippen LogP contribution in [0.5, 0.6) is 0 Å². The fourth-order valence-electron chi connectivity index (χ4n) is 2.28. The fourth-order valence-corrected chi connectivity index (χ4v) is 2.28. The number of aromatic nitrogens is 1. The molecule has 0 bridgehead atoms. The first-order chi connectivity index (χ1) is 11.2. The van der Waals surface area contributed by atoms with E-state index in [4.69, 9.17) is 5.11 Å². The second kappa shape index (κ2) is 6.49. The third-order valence-corrected chi connectivity index (χ3v) is 3.50. The summed E-state index contributed by atoms with van der Waals surface area (Å²) in [6.45, 7) is 3.25. The highest BCUT2D eigenvalue weighted by Crippen LogP contribution is 2.21. The highest BCUT2D eigenvalue weighted by atomic mass is 16.6. The third kappa shape index (κ3) is 3.40. The van der Waals surface area contributed by atoms with Gasteiger partial charge < -0.3 is 15.4 Å². The number of aromatic amines is 1. The molecule has 0 aliphatic heterocycles. The number of nitrogens with zero attached hydrogens (tertiary/aromatic N) is 1. The van der Waals surface area contributed by atoms with E-state index in [1.807, 2.05) is 0 Å². The van der Waals surface area contributed by atoms with Crippen LogP contribution >= 0.6 is 0 Å². The lowest BCUT2D eigenvalue weighted by atomic mass is 10.0. The molecule has 0 aliphatic carbocycles. The number of amides is 1. The number of nitrogens with one attached hydrogen (secondary N) is 2. The van der Waals surface area contributed by atoms with Crippen molar-refractivity contribution in [2.45, 2.75) is 19.9 Å². The topological polar surface area (TPSA) is 142 Å². The normalized spacial score (nSPS) is 12.1. The van der Waals surface area contributed by atoms with E-state index in [-0.39, 0.29) is 28.1 Å². The molecular weight excluding hydrogens is 318 g/mol. The van der Waals surface area contributed by atoms with Crippen molar-refractivity contribution in [1.29, 1.82) is 0 Å². The molecular formula is C15H15N3O6. The number of nitro benzene ring substituents is 1. The summed E-state index contributed by atoms with van der Waals surface area (Å²) in [6.07, 6.45) is 0.